The van der Waals surface area contributed by atoms with E-state index in [1.54, 1.807) is 17.0 Å². The van der Waals surface area contributed by atoms with Crippen molar-refractivity contribution in [3.05, 3.63) is 81.0 Å². The van der Waals surface area contributed by atoms with Crippen LogP contribution in [0.1, 0.15) is 12.0 Å². The number of nitrogens with one attached hydrogen (secondary N) is 1. The molecule has 1 aromatic heterocycles. The number of benzene rings is 2. The predicted molar refractivity (Wildman–Crippen MR) is 140 cm³/mol. The second-order valence-electron chi connectivity index (χ2n) is 8.10. The zero-order valence-corrected chi connectivity index (χ0v) is 21.0. The molecule has 0 spiro atoms. The summed E-state index contributed by atoms with van der Waals surface area (Å²) in [5, 5.41) is 0.498. The van der Waals surface area contributed by atoms with E-state index < -0.39 is 21.3 Å². The number of sulfonamides is 1. The fraction of sp³-hybridized carbons (Fsp3) is 0.261. The molecule has 0 radical (unpaired) electrons. The molecule has 35 heavy (non-hydrogen) atoms. The highest BCUT2D eigenvalue weighted by atomic mass is 32.2. The number of aromatic nitrogens is 2. The van der Waals surface area contributed by atoms with Crippen molar-refractivity contribution >= 4 is 44.1 Å². The Balaban J connectivity index is 1.77. The molecule has 0 atom stereocenters. The van der Waals surface area contributed by atoms with E-state index in [1.165, 1.54) is 42.6 Å². The highest BCUT2D eigenvalue weighted by Gasteiger charge is 2.26. The van der Waals surface area contributed by atoms with Gasteiger partial charge in [-0.15, -0.1) is 0 Å². The summed E-state index contributed by atoms with van der Waals surface area (Å²) in [7, 11) is -0.700. The molecule has 10 nitrogen and oxygen atoms in total. The average molecular weight is 515 g/mol. The van der Waals surface area contributed by atoms with Gasteiger partial charge in [-0.1, -0.05) is 48.2 Å². The van der Waals surface area contributed by atoms with Gasteiger partial charge in [0, 0.05) is 26.4 Å². The van der Waals surface area contributed by atoms with Crippen molar-refractivity contribution in [3.8, 4) is 0 Å². The summed E-state index contributed by atoms with van der Waals surface area (Å²) in [6.45, 7) is 0.672. The van der Waals surface area contributed by atoms with Gasteiger partial charge in [-0.05, 0) is 30.2 Å². The summed E-state index contributed by atoms with van der Waals surface area (Å²) in [5.74, 6) is 0.814. The maximum Gasteiger partial charge on any atom is 0.330 e. The van der Waals surface area contributed by atoms with Crippen LogP contribution in [0.3, 0.4) is 0 Å². The summed E-state index contributed by atoms with van der Waals surface area (Å²) in [4.78, 5) is 34.3. The number of rotatable bonds is 6. The number of anilines is 2. The van der Waals surface area contributed by atoms with E-state index in [0.717, 1.165) is 22.0 Å². The van der Waals surface area contributed by atoms with E-state index in [1.807, 2.05) is 30.3 Å². The summed E-state index contributed by atoms with van der Waals surface area (Å²) in [6.07, 6.45) is 0.773. The number of nitrogens with two attached hydrogens (primary N) is 1. The van der Waals surface area contributed by atoms with Crippen molar-refractivity contribution in [2.24, 2.45) is 4.99 Å². The van der Waals surface area contributed by atoms with E-state index in [-0.39, 0.29) is 22.9 Å². The molecule has 3 aromatic rings. The lowest BCUT2D eigenvalue weighted by Gasteiger charge is -2.30. The number of nitrogen functional groups attached to an aromatic ring is 1. The van der Waals surface area contributed by atoms with Gasteiger partial charge in [-0.3, -0.25) is 14.3 Å². The summed E-state index contributed by atoms with van der Waals surface area (Å²) in [6, 6.07) is 15.6. The first kappa shape index (κ1) is 24.8. The number of thioether (sulfide) groups is 1. The maximum atomic E-state index is 12.9. The Morgan fingerprint density at radius 2 is 1.86 bits per heavy atom. The van der Waals surface area contributed by atoms with Crippen LogP contribution in [0.25, 0.3) is 0 Å². The number of nitrogens with zero attached hydrogens (tertiary/aromatic N) is 4. The fourth-order valence-electron chi connectivity index (χ4n) is 3.66. The molecule has 1 fully saturated rings. The molecule has 3 N–H and O–H groups in total. The Morgan fingerprint density at radius 3 is 2.57 bits per heavy atom. The highest BCUT2D eigenvalue weighted by molar-refractivity contribution is 8.14. The van der Waals surface area contributed by atoms with Crippen molar-refractivity contribution in [1.29, 1.82) is 0 Å². The van der Waals surface area contributed by atoms with Crippen LogP contribution in [0, 0.1) is 0 Å². The standard InChI is InChI=1S/C23H26N6O4S2/c1-27(2)35(32,33)18-11-6-10-17(14-18)25-23-28(12-7-13-34-23)19-20(24)29(22(31)26-21(19)30)15-16-8-4-3-5-9-16/h3-6,8-11,14H,7,12-13,15,24H2,1-2H3,(H,26,30,31). The lowest BCUT2D eigenvalue weighted by molar-refractivity contribution is 0.521. The Bertz CT molecular complexity index is 1480. The molecule has 4 rings (SSSR count). The van der Waals surface area contributed by atoms with Gasteiger partial charge in [0.2, 0.25) is 10.0 Å². The van der Waals surface area contributed by atoms with Crippen LogP contribution >= 0.6 is 11.8 Å². The summed E-state index contributed by atoms with van der Waals surface area (Å²) in [5.41, 5.74) is 6.62. The van der Waals surface area contributed by atoms with Crippen molar-refractivity contribution in [2.45, 2.75) is 17.9 Å². The van der Waals surface area contributed by atoms with Gasteiger partial charge >= 0.3 is 5.69 Å². The predicted octanol–water partition coefficient (Wildman–Crippen LogP) is 2.05. The number of H-pyrrole nitrogens is 1. The number of aromatic amines is 1. The first-order chi connectivity index (χ1) is 16.7. The number of aliphatic imine (C=N–C) groups is 1. The number of amidine groups is 1. The Labute approximate surface area is 207 Å². The molecule has 0 aliphatic carbocycles. The maximum absolute atomic E-state index is 12.9. The van der Waals surface area contributed by atoms with Crippen LogP contribution in [0.4, 0.5) is 17.2 Å². The quantitative estimate of drug-likeness (QED) is 0.514. The zero-order valence-electron chi connectivity index (χ0n) is 19.3. The molecule has 184 valence electrons. The molecule has 0 bridgehead atoms. The third-order valence-electron chi connectivity index (χ3n) is 5.48. The Hall–Kier alpha value is -3.35. The minimum absolute atomic E-state index is 0.0433. The summed E-state index contributed by atoms with van der Waals surface area (Å²) >= 11 is 1.43. The summed E-state index contributed by atoms with van der Waals surface area (Å²) < 4.78 is 27.5. The first-order valence-corrected chi connectivity index (χ1v) is 13.3. The smallest absolute Gasteiger partial charge is 0.330 e. The van der Waals surface area contributed by atoms with Crippen molar-refractivity contribution in [2.75, 3.05) is 37.0 Å². The zero-order chi connectivity index (χ0) is 25.2. The first-order valence-electron chi connectivity index (χ1n) is 10.9. The molecule has 12 heteroatoms. The van der Waals surface area contributed by atoms with Crippen molar-refractivity contribution in [1.82, 2.24) is 13.9 Å². The SMILES string of the molecule is CN(C)S(=O)(=O)c1cccc(N=C2SCCCN2c2c(N)n(Cc3ccccc3)c(=O)[nH]c2=O)c1. The van der Waals surface area contributed by atoms with Gasteiger partial charge in [-0.2, -0.15) is 0 Å². The number of hydrogen-bond acceptors (Lipinski definition) is 7. The number of hydrogen-bond donors (Lipinski definition) is 2. The van der Waals surface area contributed by atoms with Crippen molar-refractivity contribution in [3.63, 3.8) is 0 Å². The Morgan fingerprint density at radius 1 is 1.11 bits per heavy atom. The van der Waals surface area contributed by atoms with Gasteiger partial charge in [0.25, 0.3) is 5.56 Å². The van der Waals surface area contributed by atoms with Gasteiger partial charge in [-0.25, -0.2) is 22.5 Å². The monoisotopic (exact) mass is 514 g/mol. The molecule has 1 saturated heterocycles. The van der Waals surface area contributed by atoms with Crippen LogP contribution in [0.15, 0.2) is 74.1 Å². The van der Waals surface area contributed by atoms with Crippen molar-refractivity contribution < 1.29 is 8.42 Å². The second-order valence-corrected chi connectivity index (χ2v) is 11.3. The van der Waals surface area contributed by atoms with Gasteiger partial charge in [0.15, 0.2) is 10.9 Å². The largest absolute Gasteiger partial charge is 0.383 e. The lowest BCUT2D eigenvalue weighted by Crippen LogP contribution is -2.42. The molecule has 0 saturated carbocycles. The molecule has 2 aromatic carbocycles. The molecule has 0 unspecified atom stereocenters. The van der Waals surface area contributed by atoms with E-state index in [9.17, 15) is 18.0 Å². The third-order valence-corrected chi connectivity index (χ3v) is 8.35. The van der Waals surface area contributed by atoms with Crippen LogP contribution in [-0.4, -0.2) is 53.8 Å². The molecule has 1 aliphatic rings. The topological polar surface area (TPSA) is 134 Å². The highest BCUT2D eigenvalue weighted by Crippen LogP contribution is 2.29. The molecule has 2 heterocycles. The van der Waals surface area contributed by atoms with Gasteiger partial charge in [0.1, 0.15) is 5.82 Å². The molecular weight excluding hydrogens is 488 g/mol. The molecular formula is C23H26N6O4S2. The Kier molecular flexibility index (Phi) is 7.15. The van der Waals surface area contributed by atoms with Crippen LogP contribution in [0.2, 0.25) is 0 Å². The van der Waals surface area contributed by atoms with Crippen LogP contribution in [-0.2, 0) is 16.6 Å². The van der Waals surface area contributed by atoms with E-state index in [0.29, 0.717) is 17.4 Å². The normalized spacial score (nSPS) is 15.6. The van der Waals surface area contributed by atoms with Gasteiger partial charge in [0.05, 0.1) is 17.1 Å². The van der Waals surface area contributed by atoms with E-state index in [2.05, 4.69) is 9.98 Å². The molecule has 0 amide bonds. The average Bonchev–Trinajstić information content (AvgIpc) is 2.83. The van der Waals surface area contributed by atoms with E-state index in [4.69, 9.17) is 5.73 Å². The van der Waals surface area contributed by atoms with E-state index >= 15 is 0 Å². The van der Waals surface area contributed by atoms with Crippen LogP contribution < -0.4 is 21.9 Å². The third kappa shape index (κ3) is 5.19. The molecule has 1 aliphatic heterocycles. The van der Waals surface area contributed by atoms with Gasteiger partial charge < -0.3 is 10.6 Å². The van der Waals surface area contributed by atoms with Crippen LogP contribution in [0.5, 0.6) is 0 Å². The minimum Gasteiger partial charge on any atom is -0.383 e. The minimum atomic E-state index is -3.63. The second kappa shape index (κ2) is 10.1. The lowest BCUT2D eigenvalue weighted by atomic mass is 10.2. The fourth-order valence-corrected chi connectivity index (χ4v) is 5.56.